The molecule has 1 nitrogen and oxygen atoms in total. The third-order valence-corrected chi connectivity index (χ3v) is 3.18. The zero-order valence-corrected chi connectivity index (χ0v) is 10.3. The molecule has 0 aliphatic carbocycles. The molecular formula is C12H9BrF3N. The first-order valence-electron chi connectivity index (χ1n) is 4.99. The molecule has 1 aliphatic heterocycles. The van der Waals surface area contributed by atoms with E-state index in [0.29, 0.717) is 11.8 Å². The Balaban J connectivity index is 2.16. The number of hydrogen-bond acceptors (Lipinski definition) is 1. The second-order valence-electron chi connectivity index (χ2n) is 3.74. The van der Waals surface area contributed by atoms with Crippen LogP contribution in [0.2, 0.25) is 0 Å². The van der Waals surface area contributed by atoms with Gasteiger partial charge in [-0.1, -0.05) is 28.1 Å². The Morgan fingerprint density at radius 1 is 1.18 bits per heavy atom. The molecule has 0 saturated carbocycles. The summed E-state index contributed by atoms with van der Waals surface area (Å²) in [6, 6.07) is 5.17. The van der Waals surface area contributed by atoms with Crippen LogP contribution >= 0.6 is 15.9 Å². The van der Waals surface area contributed by atoms with Crippen molar-refractivity contribution in [3.63, 3.8) is 0 Å². The van der Waals surface area contributed by atoms with Gasteiger partial charge in [-0.3, -0.25) is 4.99 Å². The van der Waals surface area contributed by atoms with E-state index in [-0.39, 0.29) is 0 Å². The van der Waals surface area contributed by atoms with Gasteiger partial charge in [-0.2, -0.15) is 13.2 Å². The maximum absolute atomic E-state index is 12.4. The number of rotatable bonds is 2. The number of hydrogen-bond donors (Lipinski definition) is 0. The lowest BCUT2D eigenvalue weighted by atomic mass is 10.0. The fourth-order valence-electron chi connectivity index (χ4n) is 1.61. The van der Waals surface area contributed by atoms with Gasteiger partial charge >= 0.3 is 6.18 Å². The molecule has 0 amide bonds. The second kappa shape index (κ2) is 4.64. The lowest BCUT2D eigenvalue weighted by molar-refractivity contribution is -0.137. The third-order valence-electron chi connectivity index (χ3n) is 2.53. The Morgan fingerprint density at radius 3 is 2.29 bits per heavy atom. The van der Waals surface area contributed by atoms with E-state index in [1.807, 2.05) is 0 Å². The van der Waals surface area contributed by atoms with Crippen LogP contribution in [0.15, 0.2) is 35.5 Å². The predicted octanol–water partition coefficient (Wildman–Crippen LogP) is 4.29. The number of aliphatic imine (C=N–C) groups is 1. The summed E-state index contributed by atoms with van der Waals surface area (Å²) in [5.41, 5.74) is 2.10. The molecule has 0 spiro atoms. The minimum atomic E-state index is -4.28. The molecule has 0 fully saturated rings. The highest BCUT2D eigenvalue weighted by atomic mass is 79.9. The summed E-state index contributed by atoms with van der Waals surface area (Å²) in [6.45, 7) is 0. The zero-order chi connectivity index (χ0) is 12.5. The highest BCUT2D eigenvalue weighted by Gasteiger charge is 2.30. The SMILES string of the molecule is FC(F)(F)c1ccc(C2=CN=C(CBr)C2)cc1. The first kappa shape index (κ1) is 12.4. The molecule has 1 aromatic rings. The van der Waals surface area contributed by atoms with Gasteiger partial charge in [-0.25, -0.2) is 0 Å². The van der Waals surface area contributed by atoms with Crippen LogP contribution in [0.25, 0.3) is 5.57 Å². The molecule has 90 valence electrons. The Morgan fingerprint density at radius 2 is 1.82 bits per heavy atom. The summed E-state index contributed by atoms with van der Waals surface area (Å²) in [4.78, 5) is 4.17. The molecule has 1 aliphatic rings. The van der Waals surface area contributed by atoms with Crippen LogP contribution in [-0.2, 0) is 6.18 Å². The van der Waals surface area contributed by atoms with E-state index in [2.05, 4.69) is 20.9 Å². The van der Waals surface area contributed by atoms with Gasteiger partial charge < -0.3 is 0 Å². The van der Waals surface area contributed by atoms with Gasteiger partial charge in [0.05, 0.1) is 5.56 Å². The molecule has 1 heterocycles. The summed E-state index contributed by atoms with van der Waals surface area (Å²) < 4.78 is 37.1. The van der Waals surface area contributed by atoms with E-state index in [9.17, 15) is 13.2 Å². The maximum atomic E-state index is 12.4. The fourth-order valence-corrected chi connectivity index (χ4v) is 1.95. The highest BCUT2D eigenvalue weighted by Crippen LogP contribution is 2.31. The molecule has 0 radical (unpaired) electrons. The zero-order valence-electron chi connectivity index (χ0n) is 8.76. The van der Waals surface area contributed by atoms with Crippen LogP contribution in [0.5, 0.6) is 0 Å². The number of allylic oxidation sites excluding steroid dienone is 1. The average Bonchev–Trinajstić information content (AvgIpc) is 2.76. The van der Waals surface area contributed by atoms with Crippen molar-refractivity contribution in [3.8, 4) is 0 Å². The molecule has 2 rings (SSSR count). The van der Waals surface area contributed by atoms with Crippen molar-refractivity contribution in [1.82, 2.24) is 0 Å². The van der Waals surface area contributed by atoms with Crippen LogP contribution in [0, 0.1) is 0 Å². The van der Waals surface area contributed by atoms with Crippen LogP contribution in [-0.4, -0.2) is 11.0 Å². The molecule has 0 atom stereocenters. The topological polar surface area (TPSA) is 12.4 Å². The van der Waals surface area contributed by atoms with Crippen LogP contribution in [0.1, 0.15) is 17.5 Å². The van der Waals surface area contributed by atoms with Gasteiger partial charge in [0.2, 0.25) is 0 Å². The lowest BCUT2D eigenvalue weighted by Crippen LogP contribution is -2.04. The average molecular weight is 304 g/mol. The molecule has 0 saturated heterocycles. The second-order valence-corrected chi connectivity index (χ2v) is 4.30. The van der Waals surface area contributed by atoms with E-state index in [4.69, 9.17) is 0 Å². The van der Waals surface area contributed by atoms with Crippen molar-refractivity contribution in [3.05, 3.63) is 41.6 Å². The van der Waals surface area contributed by atoms with Crippen LogP contribution < -0.4 is 0 Å². The van der Waals surface area contributed by atoms with E-state index < -0.39 is 11.7 Å². The quantitative estimate of drug-likeness (QED) is 0.723. The third kappa shape index (κ3) is 2.77. The highest BCUT2D eigenvalue weighted by molar-refractivity contribution is 9.09. The summed E-state index contributed by atoms with van der Waals surface area (Å²) in [6.07, 6.45) is -1.88. The molecule has 0 unspecified atom stereocenters. The standard InChI is InChI=1S/C12H9BrF3N/c13-6-11-5-9(7-17-11)8-1-3-10(4-2-8)12(14,15)16/h1-4,7H,5-6H2. The predicted molar refractivity (Wildman–Crippen MR) is 65.3 cm³/mol. The maximum Gasteiger partial charge on any atom is 0.416 e. The van der Waals surface area contributed by atoms with Crippen LogP contribution in [0.4, 0.5) is 13.2 Å². The van der Waals surface area contributed by atoms with E-state index in [1.165, 1.54) is 12.1 Å². The van der Waals surface area contributed by atoms with Crippen molar-refractivity contribution in [2.45, 2.75) is 12.6 Å². The van der Waals surface area contributed by atoms with Crippen LogP contribution in [0.3, 0.4) is 0 Å². The van der Waals surface area contributed by atoms with Crippen molar-refractivity contribution in [2.24, 2.45) is 4.99 Å². The summed E-state index contributed by atoms with van der Waals surface area (Å²) in [5.74, 6) is 0. The fraction of sp³-hybridized carbons (Fsp3) is 0.250. The number of nitrogens with zero attached hydrogens (tertiary/aromatic N) is 1. The van der Waals surface area contributed by atoms with Crippen molar-refractivity contribution < 1.29 is 13.2 Å². The van der Waals surface area contributed by atoms with Crippen molar-refractivity contribution in [1.29, 1.82) is 0 Å². The molecule has 17 heavy (non-hydrogen) atoms. The Kier molecular flexibility index (Phi) is 3.38. The first-order chi connectivity index (χ1) is 8.00. The van der Waals surface area contributed by atoms with Gasteiger partial charge in [0.15, 0.2) is 0 Å². The molecule has 0 N–H and O–H groups in total. The largest absolute Gasteiger partial charge is 0.416 e. The molecule has 0 bridgehead atoms. The Labute approximate surface area is 105 Å². The smallest absolute Gasteiger partial charge is 0.264 e. The van der Waals surface area contributed by atoms with Crippen molar-refractivity contribution in [2.75, 3.05) is 5.33 Å². The summed E-state index contributed by atoms with van der Waals surface area (Å²) in [7, 11) is 0. The molecular weight excluding hydrogens is 295 g/mol. The van der Waals surface area contributed by atoms with Gasteiger partial charge in [0.25, 0.3) is 0 Å². The Bertz CT molecular complexity index is 472. The Hall–Kier alpha value is -1.10. The molecule has 1 aromatic carbocycles. The molecule has 0 aromatic heterocycles. The van der Waals surface area contributed by atoms with E-state index >= 15 is 0 Å². The minimum absolute atomic E-state index is 0.624. The normalized spacial score (nSPS) is 15.8. The summed E-state index contributed by atoms with van der Waals surface area (Å²) >= 11 is 3.30. The summed E-state index contributed by atoms with van der Waals surface area (Å²) in [5, 5.41) is 0.688. The van der Waals surface area contributed by atoms with Crippen molar-refractivity contribution >= 4 is 27.2 Å². The molecule has 5 heteroatoms. The van der Waals surface area contributed by atoms with E-state index in [0.717, 1.165) is 29.0 Å². The van der Waals surface area contributed by atoms with Gasteiger partial charge in [0.1, 0.15) is 0 Å². The first-order valence-corrected chi connectivity index (χ1v) is 6.11. The van der Waals surface area contributed by atoms with Gasteiger partial charge in [0, 0.05) is 23.7 Å². The lowest BCUT2D eigenvalue weighted by Gasteiger charge is -2.08. The number of halogens is 4. The monoisotopic (exact) mass is 303 g/mol. The van der Waals surface area contributed by atoms with Gasteiger partial charge in [-0.05, 0) is 23.3 Å². The number of benzene rings is 1. The van der Waals surface area contributed by atoms with E-state index in [1.54, 1.807) is 6.20 Å². The number of alkyl halides is 4. The van der Waals surface area contributed by atoms with Gasteiger partial charge in [-0.15, -0.1) is 0 Å². The minimum Gasteiger partial charge on any atom is -0.264 e.